The molecule has 0 unspecified atom stereocenters. The van der Waals surface area contributed by atoms with Gasteiger partial charge < -0.3 is 16.2 Å². The van der Waals surface area contributed by atoms with Gasteiger partial charge in [-0.25, -0.2) is 0 Å². The van der Waals surface area contributed by atoms with Gasteiger partial charge in [0.1, 0.15) is 0 Å². The summed E-state index contributed by atoms with van der Waals surface area (Å²) in [6.07, 6.45) is 6.52. The third-order valence-electron chi connectivity index (χ3n) is 6.72. The SMILES string of the molecule is CC(C)(N)CC(C)(C)CC(C)(C)OC(C)(C)CC(C)(C)CC(C)(C)CC(C)(C)CC(C)(C)CN. The van der Waals surface area contributed by atoms with Crippen molar-refractivity contribution in [1.82, 2.24) is 0 Å². The first kappa shape index (κ1) is 33.9. The summed E-state index contributed by atoms with van der Waals surface area (Å²) in [6, 6.07) is 0. The molecule has 0 bridgehead atoms. The van der Waals surface area contributed by atoms with Crippen molar-refractivity contribution >= 4 is 0 Å². The van der Waals surface area contributed by atoms with Gasteiger partial charge in [-0.3, -0.25) is 0 Å². The second-order valence-corrected chi connectivity index (χ2v) is 17.7. The zero-order chi connectivity index (χ0) is 27.7. The molecule has 206 valence electrons. The quantitative estimate of drug-likeness (QED) is 0.245. The van der Waals surface area contributed by atoms with Gasteiger partial charge in [0.2, 0.25) is 0 Å². The molecule has 0 spiro atoms. The Morgan fingerprint density at radius 2 is 0.676 bits per heavy atom. The summed E-state index contributed by atoms with van der Waals surface area (Å²) in [5.41, 5.74) is 12.8. The highest BCUT2D eigenvalue weighted by Crippen LogP contribution is 2.49. The van der Waals surface area contributed by atoms with E-state index >= 15 is 0 Å². The highest BCUT2D eigenvalue weighted by atomic mass is 16.5. The first-order valence-electron chi connectivity index (χ1n) is 13.7. The van der Waals surface area contributed by atoms with Crippen LogP contribution in [-0.2, 0) is 4.74 Å². The summed E-state index contributed by atoms with van der Waals surface area (Å²) >= 11 is 0. The second kappa shape index (κ2) is 10.7. The molecule has 3 heteroatoms. The molecule has 0 aliphatic carbocycles. The van der Waals surface area contributed by atoms with Gasteiger partial charge in [0, 0.05) is 5.54 Å². The van der Waals surface area contributed by atoms with Crippen molar-refractivity contribution in [3.05, 3.63) is 0 Å². The van der Waals surface area contributed by atoms with E-state index in [0.29, 0.717) is 0 Å². The van der Waals surface area contributed by atoms with Crippen LogP contribution in [0.25, 0.3) is 0 Å². The van der Waals surface area contributed by atoms with E-state index < -0.39 is 0 Å². The van der Waals surface area contributed by atoms with Gasteiger partial charge in [-0.05, 0) is 114 Å². The highest BCUT2D eigenvalue weighted by molar-refractivity contribution is 4.92. The molecule has 0 rings (SSSR count). The molecule has 0 saturated carbocycles. The summed E-state index contributed by atoms with van der Waals surface area (Å²) in [7, 11) is 0. The summed E-state index contributed by atoms with van der Waals surface area (Å²) in [4.78, 5) is 0. The van der Waals surface area contributed by atoms with Crippen LogP contribution in [0.3, 0.4) is 0 Å². The Labute approximate surface area is 215 Å². The molecular weight excluding hydrogens is 416 g/mol. The Hall–Kier alpha value is -0.120. The first-order chi connectivity index (χ1) is 14.5. The Kier molecular flexibility index (Phi) is 10.7. The Bertz CT molecular complexity index is 630. The third-order valence-corrected chi connectivity index (χ3v) is 6.72. The van der Waals surface area contributed by atoms with E-state index in [1.54, 1.807) is 0 Å². The van der Waals surface area contributed by atoms with Crippen molar-refractivity contribution < 1.29 is 4.74 Å². The molecule has 0 aromatic rings. The number of rotatable bonds is 15. The van der Waals surface area contributed by atoms with Crippen LogP contribution < -0.4 is 11.5 Å². The summed E-state index contributed by atoms with van der Waals surface area (Å²) < 4.78 is 6.85. The smallest absolute Gasteiger partial charge is 0.0638 e. The first-order valence-corrected chi connectivity index (χ1v) is 13.7. The second-order valence-electron chi connectivity index (χ2n) is 17.7. The van der Waals surface area contributed by atoms with Gasteiger partial charge in [0.15, 0.2) is 0 Å². The summed E-state index contributed by atoms with van der Waals surface area (Å²) in [6.45, 7) is 37.8. The van der Waals surface area contributed by atoms with E-state index in [1.807, 2.05) is 0 Å². The van der Waals surface area contributed by atoms with E-state index in [1.165, 1.54) is 12.8 Å². The number of hydrogen-bond acceptors (Lipinski definition) is 3. The predicted octanol–water partition coefficient (Wildman–Crippen LogP) is 8.73. The number of hydrogen-bond donors (Lipinski definition) is 2. The van der Waals surface area contributed by atoms with Crippen molar-refractivity contribution in [1.29, 1.82) is 0 Å². The van der Waals surface area contributed by atoms with Gasteiger partial charge in [-0.2, -0.15) is 0 Å². The van der Waals surface area contributed by atoms with E-state index in [4.69, 9.17) is 16.2 Å². The normalized spacial score (nSPS) is 15.7. The fraction of sp³-hybridized carbons (Fsp3) is 1.00. The van der Waals surface area contributed by atoms with Gasteiger partial charge in [0.05, 0.1) is 11.2 Å². The Balaban J connectivity index is 5.29. The molecule has 0 heterocycles. The van der Waals surface area contributed by atoms with Crippen LogP contribution in [0.2, 0.25) is 0 Å². The van der Waals surface area contributed by atoms with Crippen molar-refractivity contribution in [3.8, 4) is 0 Å². The minimum absolute atomic E-state index is 0.123. The number of ether oxygens (including phenoxy) is 1. The van der Waals surface area contributed by atoms with Crippen LogP contribution in [0.15, 0.2) is 0 Å². The molecule has 4 N–H and O–H groups in total. The van der Waals surface area contributed by atoms with E-state index in [9.17, 15) is 0 Å². The maximum absolute atomic E-state index is 6.85. The van der Waals surface area contributed by atoms with Crippen molar-refractivity contribution in [2.45, 2.75) is 166 Å². The zero-order valence-corrected chi connectivity index (χ0v) is 26.5. The van der Waals surface area contributed by atoms with Gasteiger partial charge in [-0.15, -0.1) is 0 Å². The standard InChI is InChI=1S/C31H66N2O/c1-24(2,17-25(3,4)19-28(9,10)23-32)18-26(5,6)21-30(13,14)34-31(15,16)22-27(7,8)20-29(11,12)33/h17-23,32-33H2,1-16H3. The third kappa shape index (κ3) is 15.1. The van der Waals surface area contributed by atoms with Crippen molar-refractivity contribution in [2.24, 2.45) is 38.5 Å². The monoisotopic (exact) mass is 483 g/mol. The highest BCUT2D eigenvalue weighted by Gasteiger charge is 2.41. The largest absolute Gasteiger partial charge is 0.370 e. The van der Waals surface area contributed by atoms with Crippen LogP contribution in [0.5, 0.6) is 0 Å². The Morgan fingerprint density at radius 1 is 0.412 bits per heavy atom. The molecule has 3 nitrogen and oxygen atoms in total. The van der Waals surface area contributed by atoms with Crippen LogP contribution in [-0.4, -0.2) is 23.3 Å². The molecule has 0 aromatic carbocycles. The average Bonchev–Trinajstić information content (AvgIpc) is 2.34. The average molecular weight is 483 g/mol. The van der Waals surface area contributed by atoms with E-state index in [-0.39, 0.29) is 43.8 Å². The van der Waals surface area contributed by atoms with Gasteiger partial charge >= 0.3 is 0 Å². The fourth-order valence-electron chi connectivity index (χ4n) is 8.57. The van der Waals surface area contributed by atoms with Crippen LogP contribution in [0, 0.1) is 27.1 Å². The predicted molar refractivity (Wildman–Crippen MR) is 153 cm³/mol. The molecule has 0 amide bonds. The minimum Gasteiger partial charge on any atom is -0.370 e. The lowest BCUT2D eigenvalue weighted by molar-refractivity contribution is -0.154. The minimum atomic E-state index is -0.209. The van der Waals surface area contributed by atoms with Crippen molar-refractivity contribution in [2.75, 3.05) is 6.54 Å². The van der Waals surface area contributed by atoms with E-state index in [2.05, 4.69) is 111 Å². The fourth-order valence-corrected chi connectivity index (χ4v) is 8.57. The molecule has 0 aromatic heterocycles. The lowest BCUT2D eigenvalue weighted by atomic mass is 9.62. The lowest BCUT2D eigenvalue weighted by Gasteiger charge is -2.47. The maximum atomic E-state index is 6.85. The van der Waals surface area contributed by atoms with E-state index in [0.717, 1.165) is 32.2 Å². The molecule has 0 atom stereocenters. The van der Waals surface area contributed by atoms with Crippen LogP contribution in [0.4, 0.5) is 0 Å². The molecular formula is C31H66N2O. The summed E-state index contributed by atoms with van der Waals surface area (Å²) in [5, 5.41) is 0. The lowest BCUT2D eigenvalue weighted by Crippen LogP contribution is -2.45. The van der Waals surface area contributed by atoms with Crippen LogP contribution in [0.1, 0.15) is 149 Å². The molecule has 0 aliphatic rings. The number of nitrogens with two attached hydrogens (primary N) is 2. The Morgan fingerprint density at radius 3 is 0.971 bits per heavy atom. The van der Waals surface area contributed by atoms with Crippen LogP contribution >= 0.6 is 0 Å². The summed E-state index contributed by atoms with van der Waals surface area (Å²) in [5.74, 6) is 0. The molecule has 0 saturated heterocycles. The molecule has 0 fully saturated rings. The molecule has 0 aliphatic heterocycles. The van der Waals surface area contributed by atoms with Gasteiger partial charge in [-0.1, -0.05) is 69.2 Å². The topological polar surface area (TPSA) is 61.3 Å². The van der Waals surface area contributed by atoms with Gasteiger partial charge in [0.25, 0.3) is 0 Å². The van der Waals surface area contributed by atoms with Crippen molar-refractivity contribution in [3.63, 3.8) is 0 Å². The zero-order valence-electron chi connectivity index (χ0n) is 26.5. The molecule has 34 heavy (non-hydrogen) atoms. The molecule has 0 radical (unpaired) electrons. The maximum Gasteiger partial charge on any atom is 0.0638 e.